The van der Waals surface area contributed by atoms with Crippen LogP contribution in [0.15, 0.2) is 48.5 Å². The number of hydrogen-bond donors (Lipinski definition) is 2. The molecule has 0 radical (unpaired) electrons. The zero-order chi connectivity index (χ0) is 21.1. The number of hydrogen-bond acceptors (Lipinski definition) is 3. The van der Waals surface area contributed by atoms with E-state index in [0.717, 1.165) is 46.3 Å². The minimum atomic E-state index is -0.314. The van der Waals surface area contributed by atoms with Crippen LogP contribution < -0.4 is 10.5 Å². The molecule has 1 aliphatic rings. The molecule has 1 atom stereocenters. The van der Waals surface area contributed by atoms with Crippen LogP contribution in [0.1, 0.15) is 24.8 Å². The van der Waals surface area contributed by atoms with Crippen LogP contribution >= 0.6 is 0 Å². The molecule has 3 aromatic rings. The Morgan fingerprint density at radius 3 is 2.67 bits per heavy atom. The molecule has 156 valence electrons. The van der Waals surface area contributed by atoms with E-state index in [-0.39, 0.29) is 17.7 Å². The Morgan fingerprint density at radius 2 is 1.93 bits per heavy atom. The minimum Gasteiger partial charge on any atom is -0.497 e. The highest BCUT2D eigenvalue weighted by Gasteiger charge is 2.27. The minimum absolute atomic E-state index is 0.0758. The third-order valence-corrected chi connectivity index (χ3v) is 5.96. The lowest BCUT2D eigenvalue weighted by molar-refractivity contribution is -0.134. The number of aryl methyl sites for hydroxylation is 1. The van der Waals surface area contributed by atoms with E-state index in [1.807, 2.05) is 36.4 Å². The normalized spacial score (nSPS) is 16.6. The number of piperidine rings is 1. The summed E-state index contributed by atoms with van der Waals surface area (Å²) in [5.74, 6) is 0.337. The molecule has 4 rings (SSSR count). The number of aromatic nitrogens is 1. The van der Waals surface area contributed by atoms with Crippen molar-refractivity contribution in [1.82, 2.24) is 9.88 Å². The Hall–Kier alpha value is -3.28. The van der Waals surface area contributed by atoms with Gasteiger partial charge in [0, 0.05) is 36.1 Å². The second-order valence-electron chi connectivity index (χ2n) is 7.83. The number of nitrogens with zero attached hydrogens (tertiary/aromatic N) is 1. The predicted octanol–water partition coefficient (Wildman–Crippen LogP) is 3.50. The molecule has 2 heterocycles. The molecule has 1 fully saturated rings. The zero-order valence-corrected chi connectivity index (χ0v) is 17.2. The van der Waals surface area contributed by atoms with Crippen molar-refractivity contribution < 1.29 is 14.3 Å². The Morgan fingerprint density at radius 1 is 1.17 bits per heavy atom. The van der Waals surface area contributed by atoms with E-state index in [9.17, 15) is 9.59 Å². The number of primary amides is 1. The Kier molecular flexibility index (Phi) is 5.74. The van der Waals surface area contributed by atoms with Crippen molar-refractivity contribution >= 4 is 22.7 Å². The highest BCUT2D eigenvalue weighted by molar-refractivity contribution is 5.91. The maximum atomic E-state index is 12.9. The summed E-state index contributed by atoms with van der Waals surface area (Å²) in [6, 6.07) is 16.1. The van der Waals surface area contributed by atoms with E-state index < -0.39 is 0 Å². The monoisotopic (exact) mass is 405 g/mol. The molecule has 6 heteroatoms. The molecule has 1 saturated heterocycles. The van der Waals surface area contributed by atoms with E-state index in [1.165, 1.54) is 0 Å². The average molecular weight is 405 g/mol. The highest BCUT2D eigenvalue weighted by Crippen LogP contribution is 2.32. The third-order valence-electron chi connectivity index (χ3n) is 5.96. The van der Waals surface area contributed by atoms with Crippen LogP contribution in [0.4, 0.5) is 0 Å². The largest absolute Gasteiger partial charge is 0.497 e. The fourth-order valence-corrected chi connectivity index (χ4v) is 4.29. The molecule has 2 aromatic carbocycles. The quantitative estimate of drug-likeness (QED) is 0.658. The number of nitrogens with one attached hydrogen (secondary N) is 1. The molecule has 6 nitrogen and oxygen atoms in total. The van der Waals surface area contributed by atoms with Crippen LogP contribution in [0.25, 0.3) is 22.2 Å². The number of benzene rings is 2. The summed E-state index contributed by atoms with van der Waals surface area (Å²) >= 11 is 0. The number of nitrogens with two attached hydrogens (primary N) is 1. The number of methoxy groups -OCH3 is 1. The first kappa shape index (κ1) is 20.0. The summed E-state index contributed by atoms with van der Waals surface area (Å²) in [5.41, 5.74) is 9.73. The fraction of sp³-hybridized carbons (Fsp3) is 0.333. The highest BCUT2D eigenvalue weighted by atomic mass is 16.5. The molecule has 0 aliphatic carbocycles. The maximum Gasteiger partial charge on any atom is 0.222 e. The average Bonchev–Trinajstić information content (AvgIpc) is 3.16. The first-order valence-corrected chi connectivity index (χ1v) is 10.4. The van der Waals surface area contributed by atoms with Gasteiger partial charge in [0.1, 0.15) is 5.75 Å². The SMILES string of the molecule is COc1ccc(-c2[nH]c3ccccc3c2CCC(=O)N2CCCC(C(N)=O)C2)cc1. The Balaban J connectivity index is 1.57. The van der Waals surface area contributed by atoms with E-state index in [0.29, 0.717) is 25.9 Å². The lowest BCUT2D eigenvalue weighted by Gasteiger charge is -2.31. The van der Waals surface area contributed by atoms with Gasteiger partial charge in [0.15, 0.2) is 0 Å². The van der Waals surface area contributed by atoms with Gasteiger partial charge in [-0.2, -0.15) is 0 Å². The molecule has 0 spiro atoms. The van der Waals surface area contributed by atoms with Gasteiger partial charge < -0.3 is 20.4 Å². The summed E-state index contributed by atoms with van der Waals surface area (Å²) in [6.45, 7) is 1.13. The van der Waals surface area contributed by atoms with Gasteiger partial charge in [-0.1, -0.05) is 18.2 Å². The number of fused-ring (bicyclic) bond motifs is 1. The number of carbonyl (C=O) groups is 2. The van der Waals surface area contributed by atoms with Gasteiger partial charge in [0.2, 0.25) is 11.8 Å². The number of H-pyrrole nitrogens is 1. The van der Waals surface area contributed by atoms with Gasteiger partial charge >= 0.3 is 0 Å². The predicted molar refractivity (Wildman–Crippen MR) is 117 cm³/mol. The summed E-state index contributed by atoms with van der Waals surface area (Å²) in [6.07, 6.45) is 2.62. The number of rotatable bonds is 6. The molecular weight excluding hydrogens is 378 g/mol. The molecule has 0 bridgehead atoms. The van der Waals surface area contributed by atoms with Crippen molar-refractivity contribution in [3.63, 3.8) is 0 Å². The van der Waals surface area contributed by atoms with Crippen LogP contribution in [0.2, 0.25) is 0 Å². The Bertz CT molecular complexity index is 1060. The molecule has 1 aliphatic heterocycles. The van der Waals surface area contributed by atoms with Gasteiger partial charge in [-0.25, -0.2) is 0 Å². The van der Waals surface area contributed by atoms with Crippen LogP contribution in [0.3, 0.4) is 0 Å². The summed E-state index contributed by atoms with van der Waals surface area (Å²) in [5, 5.41) is 1.13. The molecule has 0 saturated carbocycles. The van der Waals surface area contributed by atoms with Crippen molar-refractivity contribution in [2.45, 2.75) is 25.7 Å². The number of ether oxygens (including phenoxy) is 1. The smallest absolute Gasteiger partial charge is 0.222 e. The van der Waals surface area contributed by atoms with Crippen molar-refractivity contribution in [2.24, 2.45) is 11.7 Å². The van der Waals surface area contributed by atoms with Gasteiger partial charge in [-0.15, -0.1) is 0 Å². The second-order valence-corrected chi connectivity index (χ2v) is 7.83. The first-order chi connectivity index (χ1) is 14.6. The van der Waals surface area contributed by atoms with Crippen molar-refractivity contribution in [3.05, 3.63) is 54.1 Å². The van der Waals surface area contributed by atoms with E-state index in [4.69, 9.17) is 10.5 Å². The number of likely N-dealkylation sites (tertiary alicyclic amines) is 1. The molecule has 1 aromatic heterocycles. The van der Waals surface area contributed by atoms with E-state index in [2.05, 4.69) is 17.1 Å². The first-order valence-electron chi connectivity index (χ1n) is 10.4. The van der Waals surface area contributed by atoms with E-state index in [1.54, 1.807) is 12.0 Å². The van der Waals surface area contributed by atoms with Crippen LogP contribution in [0, 0.1) is 5.92 Å². The molecule has 3 N–H and O–H groups in total. The van der Waals surface area contributed by atoms with E-state index >= 15 is 0 Å². The molecule has 1 unspecified atom stereocenters. The fourth-order valence-electron chi connectivity index (χ4n) is 4.29. The number of para-hydroxylation sites is 1. The van der Waals surface area contributed by atoms with Crippen molar-refractivity contribution in [3.8, 4) is 17.0 Å². The topological polar surface area (TPSA) is 88.4 Å². The molecular formula is C24H27N3O3. The lowest BCUT2D eigenvalue weighted by Crippen LogP contribution is -2.44. The molecule has 30 heavy (non-hydrogen) atoms. The van der Waals surface area contributed by atoms with Crippen molar-refractivity contribution in [2.75, 3.05) is 20.2 Å². The molecule has 2 amide bonds. The standard InChI is InChI=1S/C24H27N3O3/c1-30-18-10-8-16(9-11-18)23-20(19-6-2-3-7-21(19)26-23)12-13-22(28)27-14-4-5-17(15-27)24(25)29/h2-3,6-11,17,26H,4-5,12-15H2,1H3,(H2,25,29). The van der Waals surface area contributed by atoms with Crippen molar-refractivity contribution in [1.29, 1.82) is 0 Å². The number of carbonyl (C=O) groups excluding carboxylic acids is 2. The lowest BCUT2D eigenvalue weighted by atomic mass is 9.96. The maximum absolute atomic E-state index is 12.9. The van der Waals surface area contributed by atoms with Gasteiger partial charge in [-0.05, 0) is 60.7 Å². The van der Waals surface area contributed by atoms with Gasteiger partial charge in [0.05, 0.1) is 13.0 Å². The van der Waals surface area contributed by atoms with Gasteiger partial charge in [-0.3, -0.25) is 9.59 Å². The van der Waals surface area contributed by atoms with Crippen LogP contribution in [-0.2, 0) is 16.0 Å². The van der Waals surface area contributed by atoms with Crippen LogP contribution in [-0.4, -0.2) is 41.9 Å². The summed E-state index contributed by atoms with van der Waals surface area (Å²) < 4.78 is 5.27. The Labute approximate surface area is 176 Å². The summed E-state index contributed by atoms with van der Waals surface area (Å²) in [7, 11) is 1.65. The van der Waals surface area contributed by atoms with Gasteiger partial charge in [0.25, 0.3) is 0 Å². The zero-order valence-electron chi connectivity index (χ0n) is 17.2. The second kappa shape index (κ2) is 8.61. The van der Waals surface area contributed by atoms with Crippen LogP contribution in [0.5, 0.6) is 5.75 Å². The number of amides is 2. The third kappa shape index (κ3) is 4.03. The summed E-state index contributed by atoms with van der Waals surface area (Å²) in [4.78, 5) is 29.7. The number of aromatic amines is 1.